The zero-order valence-electron chi connectivity index (χ0n) is 12.1. The van der Waals surface area contributed by atoms with Crippen LogP contribution in [0.1, 0.15) is 12.0 Å². The molecule has 1 aromatic heterocycles. The van der Waals surface area contributed by atoms with Crippen molar-refractivity contribution in [1.29, 1.82) is 0 Å². The second-order valence-electron chi connectivity index (χ2n) is 5.09. The van der Waals surface area contributed by atoms with Crippen molar-refractivity contribution in [2.45, 2.75) is 12.5 Å². The number of hydrogen-bond donors (Lipinski definition) is 0. The number of amides is 1. The maximum absolute atomic E-state index is 12.2. The van der Waals surface area contributed by atoms with Crippen LogP contribution >= 0.6 is 0 Å². The van der Waals surface area contributed by atoms with Crippen LogP contribution in [0.3, 0.4) is 0 Å². The predicted molar refractivity (Wildman–Crippen MR) is 83.1 cm³/mol. The topological polar surface area (TPSA) is 55.3 Å². The van der Waals surface area contributed by atoms with Crippen molar-refractivity contribution in [2.75, 3.05) is 13.1 Å². The van der Waals surface area contributed by atoms with E-state index in [9.17, 15) is 4.79 Å². The summed E-state index contributed by atoms with van der Waals surface area (Å²) in [5.41, 5.74) is 1.01. The summed E-state index contributed by atoms with van der Waals surface area (Å²) < 4.78 is 5.68. The minimum Gasteiger partial charge on any atom is -0.458 e. The molecule has 1 unspecified atom stereocenters. The summed E-state index contributed by atoms with van der Waals surface area (Å²) in [4.78, 5) is 22.0. The van der Waals surface area contributed by atoms with Gasteiger partial charge in [0.1, 0.15) is 6.10 Å². The number of ether oxygens (including phenoxy) is 1. The summed E-state index contributed by atoms with van der Waals surface area (Å²) in [5.74, 6) is 0.00364. The molecule has 22 heavy (non-hydrogen) atoms. The zero-order chi connectivity index (χ0) is 15.2. The number of hydrogen-bond acceptors (Lipinski definition) is 4. The molecule has 0 aliphatic carbocycles. The first-order valence-electron chi connectivity index (χ1n) is 7.27. The number of carbonyl (C=O) groups excluding carboxylic acids is 1. The molecule has 1 amide bonds. The van der Waals surface area contributed by atoms with Gasteiger partial charge in [-0.25, -0.2) is 9.97 Å². The molecule has 1 aromatic carbocycles. The highest BCUT2D eigenvalue weighted by atomic mass is 16.5. The first-order chi connectivity index (χ1) is 10.8. The van der Waals surface area contributed by atoms with Gasteiger partial charge in [-0.2, -0.15) is 0 Å². The number of likely N-dealkylation sites (tertiary alicyclic amines) is 1. The highest BCUT2D eigenvalue weighted by molar-refractivity contribution is 5.91. The summed E-state index contributed by atoms with van der Waals surface area (Å²) in [6, 6.07) is 11.9. The van der Waals surface area contributed by atoms with Gasteiger partial charge in [0, 0.05) is 31.4 Å². The van der Waals surface area contributed by atoms with Gasteiger partial charge in [-0.1, -0.05) is 30.3 Å². The third-order valence-corrected chi connectivity index (χ3v) is 3.49. The molecule has 0 spiro atoms. The van der Waals surface area contributed by atoms with Crippen LogP contribution in [0.15, 0.2) is 54.9 Å². The molecule has 2 heterocycles. The lowest BCUT2D eigenvalue weighted by Gasteiger charge is -2.14. The molecule has 1 aliphatic rings. The molecule has 1 fully saturated rings. The minimum atomic E-state index is -0.0449. The first-order valence-corrected chi connectivity index (χ1v) is 7.27. The largest absolute Gasteiger partial charge is 0.458 e. The standard InChI is InChI=1S/C17H17N3O2/c21-16(8-7-14-5-2-1-3-6-14)20-12-9-15(13-20)22-17-18-10-4-11-19-17/h1-8,10-11,15H,9,12-13H2/b8-7+. The minimum absolute atomic E-state index is 0.00364. The van der Waals surface area contributed by atoms with Crippen LogP contribution in [0.2, 0.25) is 0 Å². The first kappa shape index (κ1) is 14.3. The highest BCUT2D eigenvalue weighted by Crippen LogP contribution is 2.15. The Morgan fingerprint density at radius 2 is 1.95 bits per heavy atom. The van der Waals surface area contributed by atoms with Gasteiger partial charge < -0.3 is 9.64 Å². The summed E-state index contributed by atoms with van der Waals surface area (Å²) in [5, 5.41) is 0. The average Bonchev–Trinajstić information content (AvgIpc) is 3.03. The van der Waals surface area contributed by atoms with Gasteiger partial charge in [0.2, 0.25) is 5.91 Å². The lowest BCUT2D eigenvalue weighted by atomic mass is 10.2. The van der Waals surface area contributed by atoms with E-state index in [1.54, 1.807) is 29.4 Å². The van der Waals surface area contributed by atoms with Gasteiger partial charge in [0.15, 0.2) is 0 Å². The van der Waals surface area contributed by atoms with E-state index < -0.39 is 0 Å². The molecule has 1 saturated heterocycles. The Bertz CT molecular complexity index is 643. The number of rotatable bonds is 4. The molecule has 3 rings (SSSR count). The van der Waals surface area contributed by atoms with Crippen molar-refractivity contribution in [3.8, 4) is 6.01 Å². The second-order valence-corrected chi connectivity index (χ2v) is 5.09. The lowest BCUT2D eigenvalue weighted by molar-refractivity contribution is -0.125. The highest BCUT2D eigenvalue weighted by Gasteiger charge is 2.26. The van der Waals surface area contributed by atoms with E-state index in [1.165, 1.54) is 0 Å². The van der Waals surface area contributed by atoms with E-state index in [2.05, 4.69) is 9.97 Å². The summed E-state index contributed by atoms with van der Waals surface area (Å²) in [7, 11) is 0. The van der Waals surface area contributed by atoms with Crippen molar-refractivity contribution in [3.05, 3.63) is 60.4 Å². The van der Waals surface area contributed by atoms with E-state index >= 15 is 0 Å². The molecule has 1 aliphatic heterocycles. The number of nitrogens with zero attached hydrogens (tertiary/aromatic N) is 3. The SMILES string of the molecule is O=C(/C=C/c1ccccc1)N1CCC(Oc2ncccn2)C1. The molecule has 0 saturated carbocycles. The van der Waals surface area contributed by atoms with Gasteiger partial charge in [-0.05, 0) is 17.7 Å². The van der Waals surface area contributed by atoms with Crippen LogP contribution in [-0.4, -0.2) is 40.0 Å². The van der Waals surface area contributed by atoms with E-state index in [4.69, 9.17) is 4.74 Å². The molecule has 1 atom stereocenters. The molecular weight excluding hydrogens is 278 g/mol. The quantitative estimate of drug-likeness (QED) is 0.811. The summed E-state index contributed by atoms with van der Waals surface area (Å²) in [6.45, 7) is 1.26. The van der Waals surface area contributed by atoms with Gasteiger partial charge in [0.05, 0.1) is 6.54 Å². The maximum atomic E-state index is 12.2. The van der Waals surface area contributed by atoms with Gasteiger partial charge in [-0.3, -0.25) is 4.79 Å². The van der Waals surface area contributed by atoms with Crippen molar-refractivity contribution in [2.24, 2.45) is 0 Å². The fourth-order valence-corrected chi connectivity index (χ4v) is 2.36. The average molecular weight is 295 g/mol. The Kier molecular flexibility index (Phi) is 4.44. The summed E-state index contributed by atoms with van der Waals surface area (Å²) in [6.07, 6.45) is 7.47. The van der Waals surface area contributed by atoms with Crippen LogP contribution in [0.5, 0.6) is 6.01 Å². The lowest BCUT2D eigenvalue weighted by Crippen LogP contribution is -2.29. The number of benzene rings is 1. The Balaban J connectivity index is 1.54. The van der Waals surface area contributed by atoms with E-state index in [0.29, 0.717) is 19.1 Å². The number of aromatic nitrogens is 2. The number of carbonyl (C=O) groups is 1. The van der Waals surface area contributed by atoms with E-state index in [1.807, 2.05) is 36.4 Å². The fourth-order valence-electron chi connectivity index (χ4n) is 2.36. The third kappa shape index (κ3) is 3.69. The van der Waals surface area contributed by atoms with Crippen molar-refractivity contribution in [3.63, 3.8) is 0 Å². The molecule has 112 valence electrons. The molecule has 0 N–H and O–H groups in total. The van der Waals surface area contributed by atoms with Crippen molar-refractivity contribution in [1.82, 2.24) is 14.9 Å². The molecule has 5 heteroatoms. The normalized spacial score (nSPS) is 17.8. The molecule has 0 radical (unpaired) electrons. The van der Waals surface area contributed by atoms with Gasteiger partial charge in [-0.15, -0.1) is 0 Å². The monoisotopic (exact) mass is 295 g/mol. The van der Waals surface area contributed by atoms with Crippen molar-refractivity contribution >= 4 is 12.0 Å². The maximum Gasteiger partial charge on any atom is 0.316 e. The van der Waals surface area contributed by atoms with Crippen LogP contribution < -0.4 is 4.74 Å². The molecule has 0 bridgehead atoms. The van der Waals surface area contributed by atoms with E-state index in [-0.39, 0.29) is 12.0 Å². The van der Waals surface area contributed by atoms with Crippen LogP contribution in [0.4, 0.5) is 0 Å². The Morgan fingerprint density at radius 1 is 1.18 bits per heavy atom. The van der Waals surface area contributed by atoms with Crippen molar-refractivity contribution < 1.29 is 9.53 Å². The Morgan fingerprint density at radius 3 is 2.73 bits per heavy atom. The van der Waals surface area contributed by atoms with Crippen LogP contribution in [-0.2, 0) is 4.79 Å². The molecule has 2 aromatic rings. The zero-order valence-corrected chi connectivity index (χ0v) is 12.1. The molecule has 5 nitrogen and oxygen atoms in total. The third-order valence-electron chi connectivity index (χ3n) is 3.49. The second kappa shape index (κ2) is 6.85. The van der Waals surface area contributed by atoms with Gasteiger partial charge in [0.25, 0.3) is 0 Å². The van der Waals surface area contributed by atoms with Gasteiger partial charge >= 0.3 is 6.01 Å². The smallest absolute Gasteiger partial charge is 0.316 e. The fraction of sp³-hybridized carbons (Fsp3) is 0.235. The van der Waals surface area contributed by atoms with E-state index in [0.717, 1.165) is 12.0 Å². The van der Waals surface area contributed by atoms with Crippen LogP contribution in [0, 0.1) is 0 Å². The van der Waals surface area contributed by atoms with Crippen LogP contribution in [0.25, 0.3) is 6.08 Å². The summed E-state index contributed by atoms with van der Waals surface area (Å²) >= 11 is 0. The Hall–Kier alpha value is -2.69. The molecular formula is C17H17N3O2. The Labute approximate surface area is 129 Å². The predicted octanol–water partition coefficient (Wildman–Crippen LogP) is 2.17.